The Morgan fingerprint density at radius 1 is 1.27 bits per heavy atom. The first kappa shape index (κ1) is 19.8. The first-order chi connectivity index (χ1) is 14.4. The van der Waals surface area contributed by atoms with Gasteiger partial charge in [0.2, 0.25) is 11.8 Å². The van der Waals surface area contributed by atoms with E-state index >= 15 is 0 Å². The van der Waals surface area contributed by atoms with Crippen molar-refractivity contribution < 1.29 is 18.8 Å². The monoisotopic (exact) mass is 413 g/mol. The Morgan fingerprint density at radius 3 is 2.67 bits per heavy atom. The van der Waals surface area contributed by atoms with Crippen molar-refractivity contribution in [1.82, 2.24) is 15.0 Å². The number of likely N-dealkylation sites (tertiary alicyclic amines) is 1. The van der Waals surface area contributed by atoms with Gasteiger partial charge < -0.3 is 19.1 Å². The van der Waals surface area contributed by atoms with E-state index in [0.29, 0.717) is 13.1 Å². The molecular weight excluding hydrogens is 382 g/mol. The maximum absolute atomic E-state index is 13.6. The lowest BCUT2D eigenvalue weighted by molar-refractivity contribution is -0.143. The number of amides is 2. The molecule has 30 heavy (non-hydrogen) atoms. The molecule has 2 amide bonds. The van der Waals surface area contributed by atoms with Crippen LogP contribution in [0.3, 0.4) is 0 Å². The smallest absolute Gasteiger partial charge is 0.230 e. The molecule has 162 valence electrons. The standard InChI is InChI=1S/C23H31N3O4/c1-14-17(15(2)30-24-14)12-25(3)21(27)19-18-10-11-23(29-18)13-26(22(28)20(19)23)16-8-6-4-5-7-9-16/h10-11,16,18-20H,4-9,12-13H2,1-3H3/t18-,19+,20-,23-/m0/s1. The summed E-state index contributed by atoms with van der Waals surface area (Å²) in [4.78, 5) is 30.8. The molecule has 7 heteroatoms. The summed E-state index contributed by atoms with van der Waals surface area (Å²) in [5.74, 6) is -0.0616. The van der Waals surface area contributed by atoms with Crippen LogP contribution >= 0.6 is 0 Å². The number of rotatable bonds is 4. The molecule has 1 aromatic heterocycles. The number of hydrogen-bond acceptors (Lipinski definition) is 5. The minimum absolute atomic E-state index is 0.0349. The molecule has 1 saturated carbocycles. The van der Waals surface area contributed by atoms with E-state index in [4.69, 9.17) is 9.26 Å². The van der Waals surface area contributed by atoms with Crippen LogP contribution in [0.5, 0.6) is 0 Å². The summed E-state index contributed by atoms with van der Waals surface area (Å²) in [5, 5.41) is 3.99. The fourth-order valence-corrected chi connectivity index (χ4v) is 5.99. The van der Waals surface area contributed by atoms with Gasteiger partial charge in [-0.15, -0.1) is 0 Å². The van der Waals surface area contributed by atoms with Crippen molar-refractivity contribution >= 4 is 11.8 Å². The maximum atomic E-state index is 13.6. The summed E-state index contributed by atoms with van der Waals surface area (Å²) in [5.41, 5.74) is 1.10. The highest BCUT2D eigenvalue weighted by Crippen LogP contribution is 2.53. The van der Waals surface area contributed by atoms with Gasteiger partial charge in [0.1, 0.15) is 11.4 Å². The van der Waals surface area contributed by atoms with Gasteiger partial charge in [-0.25, -0.2) is 0 Å². The molecule has 1 spiro atoms. The van der Waals surface area contributed by atoms with Crippen LogP contribution in [-0.4, -0.2) is 58.1 Å². The van der Waals surface area contributed by atoms with Crippen LogP contribution in [0.4, 0.5) is 0 Å². The summed E-state index contributed by atoms with van der Waals surface area (Å²) < 4.78 is 11.6. The molecule has 4 heterocycles. The van der Waals surface area contributed by atoms with E-state index in [0.717, 1.165) is 29.9 Å². The van der Waals surface area contributed by atoms with Gasteiger partial charge in [-0.05, 0) is 26.7 Å². The van der Waals surface area contributed by atoms with Crippen LogP contribution < -0.4 is 0 Å². The van der Waals surface area contributed by atoms with Crippen LogP contribution in [0.2, 0.25) is 0 Å². The third kappa shape index (κ3) is 2.93. The zero-order valence-corrected chi connectivity index (χ0v) is 18.1. The summed E-state index contributed by atoms with van der Waals surface area (Å²) in [6, 6.07) is 0.284. The molecule has 1 aliphatic carbocycles. The second kappa shape index (κ2) is 7.22. The molecule has 4 atom stereocenters. The molecule has 7 nitrogen and oxygen atoms in total. The zero-order valence-electron chi connectivity index (χ0n) is 18.1. The molecule has 0 aromatic carbocycles. The molecule has 0 N–H and O–H groups in total. The summed E-state index contributed by atoms with van der Waals surface area (Å²) in [7, 11) is 1.79. The predicted octanol–water partition coefficient (Wildman–Crippen LogP) is 2.75. The average Bonchev–Trinajstić information content (AvgIpc) is 3.38. The van der Waals surface area contributed by atoms with E-state index in [9.17, 15) is 9.59 Å². The van der Waals surface area contributed by atoms with Crippen molar-refractivity contribution in [2.45, 2.75) is 76.7 Å². The van der Waals surface area contributed by atoms with Gasteiger partial charge in [-0.3, -0.25) is 9.59 Å². The Morgan fingerprint density at radius 2 is 2.00 bits per heavy atom. The summed E-state index contributed by atoms with van der Waals surface area (Å²) in [6.45, 7) is 4.75. The fourth-order valence-electron chi connectivity index (χ4n) is 5.99. The van der Waals surface area contributed by atoms with Gasteiger partial charge >= 0.3 is 0 Å². The molecule has 3 aliphatic heterocycles. The van der Waals surface area contributed by atoms with E-state index in [-0.39, 0.29) is 24.0 Å². The second-order valence-electron chi connectivity index (χ2n) is 9.51. The minimum atomic E-state index is -0.627. The van der Waals surface area contributed by atoms with E-state index in [1.807, 2.05) is 24.8 Å². The first-order valence-corrected chi connectivity index (χ1v) is 11.3. The number of aromatic nitrogens is 1. The number of carbonyl (C=O) groups is 2. The zero-order chi connectivity index (χ0) is 21.0. The van der Waals surface area contributed by atoms with Crippen molar-refractivity contribution in [3.63, 3.8) is 0 Å². The van der Waals surface area contributed by atoms with E-state index in [1.54, 1.807) is 11.9 Å². The Bertz CT molecular complexity index is 866. The number of nitrogens with zero attached hydrogens (tertiary/aromatic N) is 3. The van der Waals surface area contributed by atoms with Crippen LogP contribution in [0.25, 0.3) is 0 Å². The third-order valence-corrected chi connectivity index (χ3v) is 7.63. The highest BCUT2D eigenvalue weighted by atomic mass is 16.5. The van der Waals surface area contributed by atoms with Crippen LogP contribution in [-0.2, 0) is 20.9 Å². The quantitative estimate of drug-likeness (QED) is 0.560. The topological polar surface area (TPSA) is 75.9 Å². The summed E-state index contributed by atoms with van der Waals surface area (Å²) >= 11 is 0. The Hall–Kier alpha value is -2.15. The van der Waals surface area contributed by atoms with Crippen LogP contribution in [0, 0.1) is 25.7 Å². The number of fused-ring (bicyclic) bond motifs is 1. The van der Waals surface area contributed by atoms with Crippen molar-refractivity contribution in [3.8, 4) is 0 Å². The van der Waals surface area contributed by atoms with Gasteiger partial charge in [-0.1, -0.05) is 43.0 Å². The summed E-state index contributed by atoms with van der Waals surface area (Å²) in [6.07, 6.45) is 10.7. The molecule has 2 bridgehead atoms. The lowest BCUT2D eigenvalue weighted by atomic mass is 9.76. The third-order valence-electron chi connectivity index (χ3n) is 7.63. The Kier molecular flexibility index (Phi) is 4.76. The van der Waals surface area contributed by atoms with Crippen LogP contribution in [0.15, 0.2) is 16.7 Å². The van der Waals surface area contributed by atoms with E-state index < -0.39 is 17.4 Å². The SMILES string of the molecule is Cc1noc(C)c1CN(C)C(=O)[C@@H]1[C@@H]2C=C[C@@]3(CN(C4CCCCCC4)C(=O)[C@H]13)O2. The highest BCUT2D eigenvalue weighted by molar-refractivity contribution is 5.93. The number of aryl methyl sites for hydroxylation is 2. The Balaban J connectivity index is 1.37. The molecule has 4 aliphatic rings. The highest BCUT2D eigenvalue weighted by Gasteiger charge is 2.67. The van der Waals surface area contributed by atoms with Gasteiger partial charge in [-0.2, -0.15) is 0 Å². The number of hydrogen-bond donors (Lipinski definition) is 0. The number of ether oxygens (including phenoxy) is 1. The fraction of sp³-hybridized carbons (Fsp3) is 0.696. The minimum Gasteiger partial charge on any atom is -0.361 e. The molecular formula is C23H31N3O4. The predicted molar refractivity (Wildman–Crippen MR) is 109 cm³/mol. The van der Waals surface area contributed by atoms with Gasteiger partial charge in [0.25, 0.3) is 0 Å². The molecule has 0 radical (unpaired) electrons. The van der Waals surface area contributed by atoms with Gasteiger partial charge in [0.15, 0.2) is 0 Å². The molecule has 0 unspecified atom stereocenters. The number of carbonyl (C=O) groups excluding carboxylic acids is 2. The maximum Gasteiger partial charge on any atom is 0.230 e. The lowest BCUT2D eigenvalue weighted by Gasteiger charge is -2.30. The van der Waals surface area contributed by atoms with Gasteiger partial charge in [0, 0.05) is 18.7 Å². The van der Waals surface area contributed by atoms with Crippen molar-refractivity contribution in [1.29, 1.82) is 0 Å². The lowest BCUT2D eigenvalue weighted by Crippen LogP contribution is -2.45. The van der Waals surface area contributed by atoms with E-state index in [2.05, 4.69) is 11.2 Å². The molecule has 2 saturated heterocycles. The largest absolute Gasteiger partial charge is 0.361 e. The van der Waals surface area contributed by atoms with E-state index in [1.165, 1.54) is 25.7 Å². The van der Waals surface area contributed by atoms with Crippen molar-refractivity contribution in [2.24, 2.45) is 11.8 Å². The second-order valence-corrected chi connectivity index (χ2v) is 9.51. The average molecular weight is 414 g/mol. The normalized spacial score (nSPS) is 33.2. The van der Waals surface area contributed by atoms with Crippen molar-refractivity contribution in [2.75, 3.05) is 13.6 Å². The molecule has 5 rings (SSSR count). The Labute approximate surface area is 177 Å². The van der Waals surface area contributed by atoms with Crippen LogP contribution in [0.1, 0.15) is 55.5 Å². The van der Waals surface area contributed by atoms with Gasteiger partial charge in [0.05, 0.1) is 36.7 Å². The van der Waals surface area contributed by atoms with Crippen molar-refractivity contribution in [3.05, 3.63) is 29.2 Å². The molecule has 1 aromatic rings. The molecule has 3 fully saturated rings. The first-order valence-electron chi connectivity index (χ1n) is 11.3.